The second-order valence-corrected chi connectivity index (χ2v) is 8.45. The molecule has 1 aliphatic rings. The van der Waals surface area contributed by atoms with E-state index in [4.69, 9.17) is 4.74 Å². The Labute approximate surface area is 191 Å². The fraction of sp³-hybridized carbons (Fsp3) is 0.304. The molecule has 1 fully saturated rings. The first-order chi connectivity index (χ1) is 15.7. The van der Waals surface area contributed by atoms with Gasteiger partial charge in [0.2, 0.25) is 17.8 Å². The van der Waals surface area contributed by atoms with Gasteiger partial charge in [0.05, 0.1) is 0 Å². The maximum absolute atomic E-state index is 12.6. The van der Waals surface area contributed by atoms with Crippen LogP contribution in [-0.4, -0.2) is 53.2 Å². The average molecular weight is 451 g/mol. The summed E-state index contributed by atoms with van der Waals surface area (Å²) in [6, 6.07) is 9.86. The van der Waals surface area contributed by atoms with Crippen LogP contribution in [0.5, 0.6) is 0 Å². The van der Waals surface area contributed by atoms with Crippen LogP contribution in [-0.2, 0) is 4.74 Å². The van der Waals surface area contributed by atoms with E-state index < -0.39 is 0 Å². The molecule has 1 aliphatic heterocycles. The number of piperidine rings is 1. The van der Waals surface area contributed by atoms with Crippen LogP contribution in [0.25, 0.3) is 10.1 Å². The van der Waals surface area contributed by atoms with Gasteiger partial charge in [0.15, 0.2) is 0 Å². The predicted octanol–water partition coefficient (Wildman–Crippen LogP) is 4.11. The van der Waals surface area contributed by atoms with E-state index in [1.807, 2.05) is 30.3 Å². The van der Waals surface area contributed by atoms with Crippen LogP contribution in [0.15, 0.2) is 55.6 Å². The molecule has 3 heterocycles. The van der Waals surface area contributed by atoms with Gasteiger partial charge in [0.25, 0.3) is 0 Å². The zero-order valence-corrected chi connectivity index (χ0v) is 18.6. The molecule has 0 saturated carbocycles. The highest BCUT2D eigenvalue weighted by atomic mass is 32.1. The maximum atomic E-state index is 12.6. The minimum atomic E-state index is -0.253. The van der Waals surface area contributed by atoms with Gasteiger partial charge in [-0.25, -0.2) is 4.79 Å². The Bertz CT molecular complexity index is 1040. The monoisotopic (exact) mass is 450 g/mol. The highest BCUT2D eigenvalue weighted by Crippen LogP contribution is 2.27. The molecule has 1 saturated heterocycles. The van der Waals surface area contributed by atoms with E-state index in [9.17, 15) is 4.79 Å². The predicted molar refractivity (Wildman–Crippen MR) is 130 cm³/mol. The van der Waals surface area contributed by atoms with Gasteiger partial charge < -0.3 is 20.3 Å². The highest BCUT2D eigenvalue weighted by molar-refractivity contribution is 7.20. The van der Waals surface area contributed by atoms with E-state index in [2.05, 4.69) is 43.6 Å². The normalized spacial score (nSPS) is 14.2. The van der Waals surface area contributed by atoms with Crippen molar-refractivity contribution in [1.82, 2.24) is 15.0 Å². The molecule has 9 heteroatoms. The number of thiophene rings is 1. The number of nitrogens with zero attached hydrogens (tertiary/aromatic N) is 4. The smallest absolute Gasteiger partial charge is 0.348 e. The third kappa shape index (κ3) is 5.23. The highest BCUT2D eigenvalue weighted by Gasteiger charge is 2.25. The summed E-state index contributed by atoms with van der Waals surface area (Å²) in [7, 11) is 0. The van der Waals surface area contributed by atoms with Gasteiger partial charge in [-0.2, -0.15) is 15.0 Å². The minimum Gasteiger partial charge on any atom is -0.458 e. The largest absolute Gasteiger partial charge is 0.458 e. The molecule has 0 aliphatic carbocycles. The Hall–Kier alpha value is -3.46. The number of anilines is 3. The molecule has 0 amide bonds. The molecule has 0 spiro atoms. The van der Waals surface area contributed by atoms with Crippen molar-refractivity contribution in [1.29, 1.82) is 0 Å². The second kappa shape index (κ2) is 10.2. The standard InChI is InChI=1S/C23H26N6O2S/c1-3-11-24-21-26-22(25-12-4-2)28-23(27-21)29-13-9-17(10-14-29)31-20(30)19-15-16-7-5-6-8-18(16)32-19/h3-8,15,17H,1-2,9-14H2,(H2,24,25,26,27,28). The summed E-state index contributed by atoms with van der Waals surface area (Å²) in [4.78, 5) is 28.8. The fourth-order valence-corrected chi connectivity index (χ4v) is 4.40. The van der Waals surface area contributed by atoms with Gasteiger partial charge in [0.1, 0.15) is 11.0 Å². The fourth-order valence-electron chi connectivity index (χ4n) is 3.46. The molecule has 166 valence electrons. The molecule has 8 nitrogen and oxygen atoms in total. The van der Waals surface area contributed by atoms with Gasteiger partial charge >= 0.3 is 5.97 Å². The van der Waals surface area contributed by atoms with Gasteiger partial charge in [-0.1, -0.05) is 30.4 Å². The number of carbonyl (C=O) groups excluding carboxylic acids is 1. The zero-order valence-electron chi connectivity index (χ0n) is 17.8. The molecule has 0 atom stereocenters. The van der Waals surface area contributed by atoms with E-state index in [-0.39, 0.29) is 12.1 Å². The Kier molecular flexibility index (Phi) is 6.96. The van der Waals surface area contributed by atoms with Crippen LogP contribution >= 0.6 is 11.3 Å². The molecular weight excluding hydrogens is 424 g/mol. The third-order valence-corrected chi connectivity index (χ3v) is 6.15. The summed E-state index contributed by atoms with van der Waals surface area (Å²) in [6.07, 6.45) is 4.80. The SMILES string of the molecule is C=CCNc1nc(NCC=C)nc(N2CCC(OC(=O)c3cc4ccccc4s3)CC2)n1. The first-order valence-corrected chi connectivity index (χ1v) is 11.4. The lowest BCUT2D eigenvalue weighted by molar-refractivity contribution is 0.0250. The van der Waals surface area contributed by atoms with Gasteiger partial charge in [-0.3, -0.25) is 0 Å². The summed E-state index contributed by atoms with van der Waals surface area (Å²) in [5, 5.41) is 7.29. The molecule has 3 aromatic rings. The van der Waals surface area contributed by atoms with Crippen molar-refractivity contribution in [2.24, 2.45) is 0 Å². The van der Waals surface area contributed by atoms with E-state index in [1.54, 1.807) is 12.2 Å². The maximum Gasteiger partial charge on any atom is 0.348 e. The number of esters is 1. The van der Waals surface area contributed by atoms with E-state index >= 15 is 0 Å². The Morgan fingerprint density at radius 3 is 2.38 bits per heavy atom. The van der Waals surface area contributed by atoms with Crippen molar-refractivity contribution in [2.75, 3.05) is 41.7 Å². The topological polar surface area (TPSA) is 92.3 Å². The van der Waals surface area contributed by atoms with Crippen molar-refractivity contribution >= 4 is 45.2 Å². The molecule has 0 unspecified atom stereocenters. The zero-order chi connectivity index (χ0) is 22.3. The van der Waals surface area contributed by atoms with Crippen molar-refractivity contribution in [2.45, 2.75) is 18.9 Å². The lowest BCUT2D eigenvalue weighted by Crippen LogP contribution is -2.39. The van der Waals surface area contributed by atoms with Crippen molar-refractivity contribution in [3.8, 4) is 0 Å². The molecule has 0 radical (unpaired) electrons. The quantitative estimate of drug-likeness (QED) is 0.372. The third-order valence-electron chi connectivity index (χ3n) is 5.06. The number of ether oxygens (including phenoxy) is 1. The van der Waals surface area contributed by atoms with Crippen molar-refractivity contribution in [3.63, 3.8) is 0 Å². The number of rotatable bonds is 9. The number of fused-ring (bicyclic) bond motifs is 1. The van der Waals surface area contributed by atoms with E-state index in [0.29, 0.717) is 61.7 Å². The first kappa shape index (κ1) is 21.8. The van der Waals surface area contributed by atoms with E-state index in [1.165, 1.54) is 11.3 Å². The van der Waals surface area contributed by atoms with Crippen LogP contribution in [0.4, 0.5) is 17.8 Å². The van der Waals surface area contributed by atoms with Crippen LogP contribution < -0.4 is 15.5 Å². The number of benzene rings is 1. The molecule has 4 rings (SSSR count). The summed E-state index contributed by atoms with van der Waals surface area (Å²) >= 11 is 1.47. The summed E-state index contributed by atoms with van der Waals surface area (Å²) < 4.78 is 6.88. The number of aromatic nitrogens is 3. The molecule has 32 heavy (non-hydrogen) atoms. The summed E-state index contributed by atoms with van der Waals surface area (Å²) in [6.45, 7) is 9.92. The Morgan fingerprint density at radius 2 is 1.75 bits per heavy atom. The van der Waals surface area contributed by atoms with Gasteiger partial charge in [-0.05, 0) is 17.5 Å². The molecule has 1 aromatic carbocycles. The lowest BCUT2D eigenvalue weighted by Gasteiger charge is -2.31. The van der Waals surface area contributed by atoms with Gasteiger partial charge in [-0.15, -0.1) is 24.5 Å². The number of hydrogen-bond donors (Lipinski definition) is 2. The van der Waals surface area contributed by atoms with Crippen LogP contribution in [0.1, 0.15) is 22.5 Å². The Balaban J connectivity index is 1.38. The molecular formula is C23H26N6O2S. The number of hydrogen-bond acceptors (Lipinski definition) is 9. The number of nitrogens with one attached hydrogen (secondary N) is 2. The summed E-state index contributed by atoms with van der Waals surface area (Å²) in [5.41, 5.74) is 0. The first-order valence-electron chi connectivity index (χ1n) is 10.6. The van der Waals surface area contributed by atoms with Crippen LogP contribution in [0, 0.1) is 0 Å². The number of carbonyl (C=O) groups is 1. The van der Waals surface area contributed by atoms with Gasteiger partial charge in [0, 0.05) is 43.7 Å². The minimum absolute atomic E-state index is 0.123. The molecule has 0 bridgehead atoms. The lowest BCUT2D eigenvalue weighted by atomic mass is 10.1. The molecule has 2 N–H and O–H groups in total. The van der Waals surface area contributed by atoms with Crippen molar-refractivity contribution < 1.29 is 9.53 Å². The van der Waals surface area contributed by atoms with Crippen LogP contribution in [0.3, 0.4) is 0 Å². The van der Waals surface area contributed by atoms with Crippen molar-refractivity contribution in [3.05, 3.63) is 60.5 Å². The summed E-state index contributed by atoms with van der Waals surface area (Å²) in [5.74, 6) is 1.31. The second-order valence-electron chi connectivity index (χ2n) is 7.36. The molecule has 2 aromatic heterocycles. The van der Waals surface area contributed by atoms with E-state index in [0.717, 1.165) is 10.1 Å². The van der Waals surface area contributed by atoms with Crippen LogP contribution in [0.2, 0.25) is 0 Å². The average Bonchev–Trinajstić information content (AvgIpc) is 3.26. The Morgan fingerprint density at radius 1 is 1.09 bits per heavy atom.